The van der Waals surface area contributed by atoms with E-state index in [0.717, 1.165) is 31.7 Å². The zero-order valence-corrected chi connectivity index (χ0v) is 11.7. The van der Waals surface area contributed by atoms with Crippen LogP contribution in [-0.2, 0) is 11.3 Å². The number of aromatic nitrogens is 2. The van der Waals surface area contributed by atoms with Crippen molar-refractivity contribution in [1.29, 1.82) is 0 Å². The summed E-state index contributed by atoms with van der Waals surface area (Å²) in [5.41, 5.74) is 7.45. The van der Waals surface area contributed by atoms with Crippen LogP contribution in [0.4, 0.5) is 0 Å². The number of ether oxygens (including phenoxy) is 1. The second-order valence-electron chi connectivity index (χ2n) is 5.73. The fourth-order valence-corrected chi connectivity index (χ4v) is 3.18. The molecule has 0 spiro atoms. The van der Waals surface area contributed by atoms with Gasteiger partial charge in [-0.25, -0.2) is 0 Å². The third-order valence-corrected chi connectivity index (χ3v) is 4.31. The maximum absolute atomic E-state index is 6.36. The van der Waals surface area contributed by atoms with Gasteiger partial charge in [-0.2, -0.15) is 5.10 Å². The lowest BCUT2D eigenvalue weighted by Crippen LogP contribution is -2.49. The van der Waals surface area contributed by atoms with Gasteiger partial charge in [0.2, 0.25) is 0 Å². The summed E-state index contributed by atoms with van der Waals surface area (Å²) in [6.45, 7) is 6.10. The summed E-state index contributed by atoms with van der Waals surface area (Å²) in [6, 6.07) is 0.568. The van der Waals surface area contributed by atoms with Crippen LogP contribution < -0.4 is 5.73 Å². The minimum Gasteiger partial charge on any atom is -0.373 e. The summed E-state index contributed by atoms with van der Waals surface area (Å²) >= 11 is 0. The Morgan fingerprint density at radius 3 is 3.32 bits per heavy atom. The number of hydrogen-bond acceptors (Lipinski definition) is 4. The Hall–Kier alpha value is -0.910. The summed E-state index contributed by atoms with van der Waals surface area (Å²) < 4.78 is 7.94. The summed E-state index contributed by atoms with van der Waals surface area (Å²) in [5, 5.41) is 4.36. The normalized spacial score (nSPS) is 29.4. The molecule has 2 fully saturated rings. The highest BCUT2D eigenvalue weighted by atomic mass is 16.5. The quantitative estimate of drug-likeness (QED) is 0.886. The van der Waals surface area contributed by atoms with Crippen molar-refractivity contribution < 1.29 is 4.74 Å². The first-order valence-corrected chi connectivity index (χ1v) is 7.41. The maximum atomic E-state index is 6.36. The molecule has 3 rings (SSSR count). The number of hydrogen-bond donors (Lipinski definition) is 1. The Balaban J connectivity index is 1.64. The van der Waals surface area contributed by atoms with Crippen molar-refractivity contribution in [3.8, 4) is 0 Å². The molecular weight excluding hydrogens is 240 g/mol. The van der Waals surface area contributed by atoms with E-state index in [9.17, 15) is 0 Å². The van der Waals surface area contributed by atoms with Gasteiger partial charge in [-0.1, -0.05) is 6.92 Å². The third-order valence-electron chi connectivity index (χ3n) is 4.31. The van der Waals surface area contributed by atoms with E-state index in [-0.39, 0.29) is 12.1 Å². The molecule has 2 saturated heterocycles. The molecule has 3 heterocycles. The fraction of sp³-hybridized carbons (Fsp3) is 0.786. The summed E-state index contributed by atoms with van der Waals surface area (Å²) in [5.74, 6) is 0. The van der Waals surface area contributed by atoms with E-state index >= 15 is 0 Å². The highest BCUT2D eigenvalue weighted by molar-refractivity contribution is 5.12. The Bertz CT molecular complexity index is 419. The van der Waals surface area contributed by atoms with Gasteiger partial charge in [-0.3, -0.25) is 9.58 Å². The van der Waals surface area contributed by atoms with Gasteiger partial charge in [-0.05, 0) is 25.8 Å². The summed E-state index contributed by atoms with van der Waals surface area (Å²) in [7, 11) is 0. The SMILES string of the molecule is CCCn1cc(C(N)C2CN3CCCC3CO2)cn1. The highest BCUT2D eigenvalue weighted by Gasteiger charge is 2.35. The fourth-order valence-electron chi connectivity index (χ4n) is 3.18. The Morgan fingerprint density at radius 1 is 1.58 bits per heavy atom. The summed E-state index contributed by atoms with van der Waals surface area (Å²) in [6.07, 6.45) is 7.72. The zero-order chi connectivity index (χ0) is 13.2. The molecule has 0 aliphatic carbocycles. The van der Waals surface area contributed by atoms with E-state index in [1.165, 1.54) is 19.4 Å². The molecule has 1 aromatic rings. The lowest BCUT2D eigenvalue weighted by atomic mass is 10.0. The molecule has 0 amide bonds. The Labute approximate surface area is 114 Å². The molecule has 0 bridgehead atoms. The van der Waals surface area contributed by atoms with Gasteiger partial charge in [0, 0.05) is 30.9 Å². The van der Waals surface area contributed by atoms with Crippen LogP contribution >= 0.6 is 0 Å². The van der Waals surface area contributed by atoms with Gasteiger partial charge in [0.1, 0.15) is 0 Å². The van der Waals surface area contributed by atoms with Crippen LogP contribution in [0, 0.1) is 0 Å². The highest BCUT2D eigenvalue weighted by Crippen LogP contribution is 2.27. The molecule has 5 nitrogen and oxygen atoms in total. The van der Waals surface area contributed by atoms with Crippen molar-refractivity contribution >= 4 is 0 Å². The van der Waals surface area contributed by atoms with Crippen LogP contribution in [-0.4, -0.2) is 46.5 Å². The molecule has 19 heavy (non-hydrogen) atoms. The molecule has 2 aliphatic heterocycles. The number of nitrogens with two attached hydrogens (primary N) is 1. The molecule has 2 N–H and O–H groups in total. The van der Waals surface area contributed by atoms with E-state index in [1.54, 1.807) is 0 Å². The van der Waals surface area contributed by atoms with Gasteiger partial charge < -0.3 is 10.5 Å². The molecule has 3 atom stereocenters. The number of fused-ring (bicyclic) bond motifs is 1. The van der Waals surface area contributed by atoms with Crippen LogP contribution in [0.15, 0.2) is 12.4 Å². The molecular formula is C14H24N4O. The van der Waals surface area contributed by atoms with Gasteiger partial charge >= 0.3 is 0 Å². The lowest BCUT2D eigenvalue weighted by Gasteiger charge is -2.37. The largest absolute Gasteiger partial charge is 0.373 e. The van der Waals surface area contributed by atoms with Gasteiger partial charge in [0.25, 0.3) is 0 Å². The molecule has 0 radical (unpaired) electrons. The van der Waals surface area contributed by atoms with E-state index < -0.39 is 0 Å². The number of morpholine rings is 1. The first kappa shape index (κ1) is 13.1. The van der Waals surface area contributed by atoms with Crippen LogP contribution in [0.3, 0.4) is 0 Å². The van der Waals surface area contributed by atoms with Gasteiger partial charge in [0.05, 0.1) is 24.9 Å². The Morgan fingerprint density at radius 2 is 2.47 bits per heavy atom. The van der Waals surface area contributed by atoms with Gasteiger partial charge in [0.15, 0.2) is 0 Å². The van der Waals surface area contributed by atoms with Crippen molar-refractivity contribution in [2.45, 2.75) is 50.9 Å². The van der Waals surface area contributed by atoms with Crippen LogP contribution in [0.5, 0.6) is 0 Å². The summed E-state index contributed by atoms with van der Waals surface area (Å²) in [4.78, 5) is 2.53. The third kappa shape index (κ3) is 2.68. The first-order valence-electron chi connectivity index (χ1n) is 7.41. The predicted octanol–water partition coefficient (Wildman–Crippen LogP) is 1.16. The first-order chi connectivity index (χ1) is 9.28. The monoisotopic (exact) mass is 264 g/mol. The van der Waals surface area contributed by atoms with E-state index in [2.05, 4.69) is 23.1 Å². The van der Waals surface area contributed by atoms with Gasteiger partial charge in [-0.15, -0.1) is 0 Å². The zero-order valence-electron chi connectivity index (χ0n) is 11.7. The van der Waals surface area contributed by atoms with Crippen LogP contribution in [0.25, 0.3) is 0 Å². The van der Waals surface area contributed by atoms with Crippen molar-refractivity contribution in [2.24, 2.45) is 5.73 Å². The van der Waals surface area contributed by atoms with Crippen molar-refractivity contribution in [2.75, 3.05) is 19.7 Å². The van der Waals surface area contributed by atoms with Crippen LogP contribution in [0.2, 0.25) is 0 Å². The molecule has 3 unspecified atom stereocenters. The minimum atomic E-state index is -0.0628. The molecule has 5 heteroatoms. The van der Waals surface area contributed by atoms with E-state index in [1.807, 2.05) is 10.9 Å². The van der Waals surface area contributed by atoms with E-state index in [4.69, 9.17) is 10.5 Å². The standard InChI is InChI=1S/C14H24N4O/c1-2-5-18-8-11(7-16-18)14(15)13-9-17-6-3-4-12(17)10-19-13/h7-8,12-14H,2-6,9-10,15H2,1H3. The number of aryl methyl sites for hydroxylation is 1. The smallest absolute Gasteiger partial charge is 0.0896 e. The molecule has 106 valence electrons. The van der Waals surface area contributed by atoms with Crippen molar-refractivity contribution in [3.63, 3.8) is 0 Å². The molecule has 0 saturated carbocycles. The lowest BCUT2D eigenvalue weighted by molar-refractivity contribution is -0.0597. The average Bonchev–Trinajstić information content (AvgIpc) is 3.05. The molecule has 2 aliphatic rings. The predicted molar refractivity (Wildman–Crippen MR) is 73.8 cm³/mol. The maximum Gasteiger partial charge on any atom is 0.0896 e. The van der Waals surface area contributed by atoms with Crippen molar-refractivity contribution in [1.82, 2.24) is 14.7 Å². The second-order valence-corrected chi connectivity index (χ2v) is 5.73. The number of rotatable bonds is 4. The second kappa shape index (κ2) is 5.61. The molecule has 1 aromatic heterocycles. The molecule has 0 aromatic carbocycles. The van der Waals surface area contributed by atoms with Crippen molar-refractivity contribution in [3.05, 3.63) is 18.0 Å². The minimum absolute atomic E-state index is 0.0628. The Kier molecular flexibility index (Phi) is 3.86. The topological polar surface area (TPSA) is 56.3 Å². The average molecular weight is 264 g/mol. The van der Waals surface area contributed by atoms with E-state index in [0.29, 0.717) is 6.04 Å². The van der Waals surface area contributed by atoms with Crippen LogP contribution in [0.1, 0.15) is 37.8 Å². The number of nitrogens with zero attached hydrogens (tertiary/aromatic N) is 3.